The van der Waals surface area contributed by atoms with E-state index < -0.39 is 0 Å². The van der Waals surface area contributed by atoms with Gasteiger partial charge in [0.15, 0.2) is 5.76 Å². The molecule has 0 aliphatic rings. The first-order valence-electron chi connectivity index (χ1n) is 3.52. The molecule has 13 heavy (non-hydrogen) atoms. The fourth-order valence-electron chi connectivity index (χ4n) is 1.05. The predicted molar refractivity (Wildman–Crippen MR) is 51.1 cm³/mol. The van der Waals surface area contributed by atoms with Crippen molar-refractivity contribution in [1.29, 1.82) is 0 Å². The summed E-state index contributed by atoms with van der Waals surface area (Å²) in [5.41, 5.74) is 0.526. The Hall–Kier alpha value is -1.36. The molecule has 0 radical (unpaired) electrons. The Morgan fingerprint density at radius 2 is 2.38 bits per heavy atom. The highest BCUT2D eigenvalue weighted by atomic mass is 79.9. The van der Waals surface area contributed by atoms with Crippen molar-refractivity contribution < 1.29 is 9.62 Å². The van der Waals surface area contributed by atoms with E-state index in [1.54, 1.807) is 12.3 Å². The summed E-state index contributed by atoms with van der Waals surface area (Å²) in [7, 11) is 0. The maximum absolute atomic E-state index is 8.28. The Morgan fingerprint density at radius 1 is 1.54 bits per heavy atom. The van der Waals surface area contributed by atoms with Crippen LogP contribution in [0, 0.1) is 0 Å². The summed E-state index contributed by atoms with van der Waals surface area (Å²) in [6.45, 7) is 0. The van der Waals surface area contributed by atoms with Crippen LogP contribution in [0.3, 0.4) is 0 Å². The molecule has 5 heteroatoms. The zero-order valence-corrected chi connectivity index (χ0v) is 8.02. The first kappa shape index (κ1) is 8.25. The Labute approximate surface area is 82.0 Å². The Kier molecular flexibility index (Phi) is 2.02. The van der Waals surface area contributed by atoms with E-state index >= 15 is 0 Å². The van der Waals surface area contributed by atoms with E-state index in [1.807, 2.05) is 6.07 Å². The highest BCUT2D eigenvalue weighted by molar-refractivity contribution is 9.10. The summed E-state index contributed by atoms with van der Waals surface area (Å²) in [4.78, 5) is 4.03. The second-order valence-corrected chi connectivity index (χ2v) is 3.36. The van der Waals surface area contributed by atoms with Crippen molar-refractivity contribution >= 4 is 33.2 Å². The third kappa shape index (κ3) is 1.55. The maximum atomic E-state index is 8.28. The SMILES string of the molecule is O/N=C\c1cc2cc(Br)cnc2o1. The van der Waals surface area contributed by atoms with E-state index in [9.17, 15) is 0 Å². The molecule has 0 aliphatic heterocycles. The highest BCUT2D eigenvalue weighted by Gasteiger charge is 2.02. The second-order valence-electron chi connectivity index (χ2n) is 2.44. The Morgan fingerprint density at radius 3 is 3.15 bits per heavy atom. The van der Waals surface area contributed by atoms with E-state index in [0.29, 0.717) is 11.5 Å². The van der Waals surface area contributed by atoms with Crippen LogP contribution < -0.4 is 0 Å². The molecule has 2 aromatic rings. The number of furan rings is 1. The second kappa shape index (κ2) is 3.18. The molecule has 0 spiro atoms. The van der Waals surface area contributed by atoms with E-state index in [-0.39, 0.29) is 0 Å². The van der Waals surface area contributed by atoms with Gasteiger partial charge in [-0.25, -0.2) is 4.98 Å². The first-order valence-corrected chi connectivity index (χ1v) is 4.31. The summed E-state index contributed by atoms with van der Waals surface area (Å²) >= 11 is 3.29. The highest BCUT2D eigenvalue weighted by Crippen LogP contribution is 2.19. The zero-order chi connectivity index (χ0) is 9.26. The van der Waals surface area contributed by atoms with Crippen LogP contribution in [0.1, 0.15) is 5.76 Å². The molecule has 0 fully saturated rings. The molecule has 4 nitrogen and oxygen atoms in total. The van der Waals surface area contributed by atoms with Crippen LogP contribution in [-0.2, 0) is 0 Å². The number of hydrogen-bond acceptors (Lipinski definition) is 4. The zero-order valence-electron chi connectivity index (χ0n) is 6.44. The van der Waals surface area contributed by atoms with Crippen molar-refractivity contribution in [3.63, 3.8) is 0 Å². The lowest BCUT2D eigenvalue weighted by Gasteiger charge is -1.86. The van der Waals surface area contributed by atoms with Crippen molar-refractivity contribution in [3.8, 4) is 0 Å². The van der Waals surface area contributed by atoms with Gasteiger partial charge in [0, 0.05) is 16.1 Å². The largest absolute Gasteiger partial charge is 0.437 e. The van der Waals surface area contributed by atoms with E-state index in [1.165, 1.54) is 6.21 Å². The molecule has 2 aromatic heterocycles. The molecule has 1 N–H and O–H groups in total. The molecule has 0 atom stereocenters. The van der Waals surface area contributed by atoms with Crippen LogP contribution >= 0.6 is 15.9 Å². The van der Waals surface area contributed by atoms with Gasteiger partial charge in [0.2, 0.25) is 5.71 Å². The molecule has 2 rings (SSSR count). The minimum absolute atomic E-state index is 0.475. The predicted octanol–water partition coefficient (Wildman–Crippen LogP) is 2.40. The van der Waals surface area contributed by atoms with Crippen molar-refractivity contribution in [2.45, 2.75) is 0 Å². The lowest BCUT2D eigenvalue weighted by atomic mass is 10.3. The third-order valence-electron chi connectivity index (χ3n) is 1.54. The van der Waals surface area contributed by atoms with Gasteiger partial charge in [-0.05, 0) is 28.1 Å². The van der Waals surface area contributed by atoms with Crippen molar-refractivity contribution in [2.75, 3.05) is 0 Å². The quantitative estimate of drug-likeness (QED) is 0.473. The fraction of sp³-hybridized carbons (Fsp3) is 0. The van der Waals surface area contributed by atoms with Gasteiger partial charge in [0.25, 0.3) is 0 Å². The summed E-state index contributed by atoms with van der Waals surface area (Å²) in [6.07, 6.45) is 2.86. The molecular formula is C8H5BrN2O2. The average Bonchev–Trinajstić information content (AvgIpc) is 2.46. The van der Waals surface area contributed by atoms with Crippen LogP contribution in [0.4, 0.5) is 0 Å². The fourth-order valence-corrected chi connectivity index (χ4v) is 1.39. The average molecular weight is 241 g/mol. The van der Waals surface area contributed by atoms with Crippen LogP contribution in [0.25, 0.3) is 11.1 Å². The topological polar surface area (TPSA) is 58.6 Å². The van der Waals surface area contributed by atoms with Gasteiger partial charge in [0.1, 0.15) is 6.21 Å². The van der Waals surface area contributed by atoms with E-state index in [0.717, 1.165) is 9.86 Å². The summed E-state index contributed by atoms with van der Waals surface area (Å²) in [5, 5.41) is 12.0. The number of nitrogens with zero attached hydrogens (tertiary/aromatic N) is 2. The molecule has 0 amide bonds. The molecule has 66 valence electrons. The number of aromatic nitrogens is 1. The summed E-state index contributed by atoms with van der Waals surface area (Å²) < 4.78 is 6.10. The Bertz CT molecular complexity index is 464. The van der Waals surface area contributed by atoms with E-state index in [4.69, 9.17) is 9.62 Å². The number of halogens is 1. The molecule has 0 saturated heterocycles. The lowest BCUT2D eigenvalue weighted by molar-refractivity contribution is 0.321. The minimum atomic E-state index is 0.475. The molecular weight excluding hydrogens is 236 g/mol. The lowest BCUT2D eigenvalue weighted by Crippen LogP contribution is -1.71. The Balaban J connectivity index is 2.62. The number of pyridine rings is 1. The summed E-state index contributed by atoms with van der Waals surface area (Å²) in [5.74, 6) is 0.475. The van der Waals surface area contributed by atoms with Gasteiger partial charge in [-0.3, -0.25) is 0 Å². The van der Waals surface area contributed by atoms with Crippen molar-refractivity contribution in [2.24, 2.45) is 5.16 Å². The first-order chi connectivity index (χ1) is 6.29. The van der Waals surface area contributed by atoms with Crippen LogP contribution in [0.15, 0.2) is 32.4 Å². The van der Waals surface area contributed by atoms with Gasteiger partial charge in [-0.1, -0.05) is 5.16 Å². The van der Waals surface area contributed by atoms with Crippen LogP contribution in [0.5, 0.6) is 0 Å². The smallest absolute Gasteiger partial charge is 0.226 e. The molecule has 0 unspecified atom stereocenters. The molecule has 2 heterocycles. The normalized spacial score (nSPS) is 11.5. The van der Waals surface area contributed by atoms with Crippen LogP contribution in [0.2, 0.25) is 0 Å². The molecule has 0 bridgehead atoms. The number of fused-ring (bicyclic) bond motifs is 1. The number of oxime groups is 1. The summed E-state index contributed by atoms with van der Waals surface area (Å²) in [6, 6.07) is 3.62. The number of hydrogen-bond donors (Lipinski definition) is 1. The van der Waals surface area contributed by atoms with Gasteiger partial charge in [0.05, 0.1) is 0 Å². The number of rotatable bonds is 1. The minimum Gasteiger partial charge on any atom is -0.437 e. The van der Waals surface area contributed by atoms with Gasteiger partial charge >= 0.3 is 0 Å². The van der Waals surface area contributed by atoms with Crippen molar-refractivity contribution in [3.05, 3.63) is 28.6 Å². The maximum Gasteiger partial charge on any atom is 0.226 e. The third-order valence-corrected chi connectivity index (χ3v) is 1.98. The van der Waals surface area contributed by atoms with Gasteiger partial charge in [-0.2, -0.15) is 0 Å². The van der Waals surface area contributed by atoms with Gasteiger partial charge < -0.3 is 9.62 Å². The standard InChI is InChI=1S/C8H5BrN2O2/c9-6-1-5-2-7(4-11-12)13-8(5)10-3-6/h1-4,12H/b11-4-. The molecule has 0 aromatic carbocycles. The van der Waals surface area contributed by atoms with Crippen molar-refractivity contribution in [1.82, 2.24) is 4.98 Å². The van der Waals surface area contributed by atoms with Crippen LogP contribution in [-0.4, -0.2) is 16.4 Å². The molecule has 0 saturated carbocycles. The molecule has 0 aliphatic carbocycles. The van der Waals surface area contributed by atoms with Gasteiger partial charge in [-0.15, -0.1) is 0 Å². The van der Waals surface area contributed by atoms with E-state index in [2.05, 4.69) is 26.1 Å². The monoisotopic (exact) mass is 240 g/mol.